The molecule has 0 saturated heterocycles. The summed E-state index contributed by atoms with van der Waals surface area (Å²) in [5, 5.41) is 9.79. The molecule has 140 valence electrons. The van der Waals surface area contributed by atoms with Gasteiger partial charge in [0.05, 0.1) is 16.8 Å². The SMILES string of the molecule is Cc1cccc(C=Nc2cc(C(F)(F)F)cc(C(F)(F)F)c2)c1O.[CH3-].[Ti]. The Hall–Kier alpha value is -1.80. The van der Waals surface area contributed by atoms with Gasteiger partial charge < -0.3 is 12.5 Å². The van der Waals surface area contributed by atoms with Crippen LogP contribution in [0, 0.1) is 14.4 Å². The van der Waals surface area contributed by atoms with E-state index in [1.165, 1.54) is 6.07 Å². The summed E-state index contributed by atoms with van der Waals surface area (Å²) < 4.78 is 76.5. The van der Waals surface area contributed by atoms with Gasteiger partial charge >= 0.3 is 12.4 Å². The Morgan fingerprint density at radius 1 is 0.923 bits per heavy atom. The second kappa shape index (κ2) is 8.73. The van der Waals surface area contributed by atoms with Crippen LogP contribution in [0.1, 0.15) is 22.3 Å². The van der Waals surface area contributed by atoms with Crippen molar-refractivity contribution in [2.24, 2.45) is 4.99 Å². The second-order valence-corrected chi connectivity index (χ2v) is 5.04. The number of alkyl halides is 6. The smallest absolute Gasteiger partial charge is 0.416 e. The molecule has 2 rings (SSSR count). The molecular formula is C17H14F6NOTi-. The molecule has 0 atom stereocenters. The molecule has 0 unspecified atom stereocenters. The van der Waals surface area contributed by atoms with E-state index in [4.69, 9.17) is 0 Å². The third-order valence-corrected chi connectivity index (χ3v) is 3.19. The molecule has 0 spiro atoms. The van der Waals surface area contributed by atoms with E-state index in [0.717, 1.165) is 6.21 Å². The van der Waals surface area contributed by atoms with Gasteiger partial charge in [-0.1, -0.05) is 12.1 Å². The van der Waals surface area contributed by atoms with Crippen LogP contribution < -0.4 is 0 Å². The van der Waals surface area contributed by atoms with E-state index in [2.05, 4.69) is 4.99 Å². The topological polar surface area (TPSA) is 32.6 Å². The van der Waals surface area contributed by atoms with Gasteiger partial charge in [-0.15, -0.1) is 0 Å². The molecule has 0 amide bonds. The number of halogens is 6. The van der Waals surface area contributed by atoms with Gasteiger partial charge in [0.2, 0.25) is 0 Å². The van der Waals surface area contributed by atoms with E-state index < -0.39 is 29.2 Å². The number of phenolic OH excluding ortho intramolecular Hbond substituents is 1. The van der Waals surface area contributed by atoms with Gasteiger partial charge in [0.25, 0.3) is 0 Å². The van der Waals surface area contributed by atoms with Crippen molar-refractivity contribution in [2.45, 2.75) is 19.3 Å². The van der Waals surface area contributed by atoms with E-state index in [0.29, 0.717) is 17.7 Å². The zero-order valence-corrected chi connectivity index (χ0v) is 15.3. The molecule has 1 N–H and O–H groups in total. The van der Waals surface area contributed by atoms with Crippen molar-refractivity contribution in [1.29, 1.82) is 0 Å². The maximum atomic E-state index is 12.8. The number of aliphatic imine (C=N–C) groups is 1. The maximum Gasteiger partial charge on any atom is 0.416 e. The number of benzene rings is 2. The Labute approximate surface area is 161 Å². The summed E-state index contributed by atoms with van der Waals surface area (Å²) in [6, 6.07) is 5.66. The number of aromatic hydroxyl groups is 1. The average molecular weight is 410 g/mol. The molecule has 0 bridgehead atoms. The van der Waals surface area contributed by atoms with Crippen molar-refractivity contribution in [3.05, 3.63) is 66.1 Å². The molecule has 2 nitrogen and oxygen atoms in total. The number of aryl methyl sites for hydroxylation is 1. The first-order valence-corrected chi connectivity index (χ1v) is 6.60. The minimum absolute atomic E-state index is 0. The first kappa shape index (κ1) is 24.2. The monoisotopic (exact) mass is 410 g/mol. The van der Waals surface area contributed by atoms with Gasteiger partial charge in [-0.3, -0.25) is 4.99 Å². The zero-order chi connectivity index (χ0) is 18.1. The fourth-order valence-corrected chi connectivity index (χ4v) is 1.94. The van der Waals surface area contributed by atoms with Crippen molar-refractivity contribution in [3.63, 3.8) is 0 Å². The Bertz CT molecular complexity index is 752. The minimum atomic E-state index is -4.93. The number of hydrogen-bond acceptors (Lipinski definition) is 2. The van der Waals surface area contributed by atoms with Gasteiger partial charge in [-0.05, 0) is 36.8 Å². The van der Waals surface area contributed by atoms with Crippen LogP contribution in [-0.2, 0) is 34.1 Å². The van der Waals surface area contributed by atoms with Crippen LogP contribution in [-0.4, -0.2) is 11.3 Å². The molecule has 9 heteroatoms. The van der Waals surface area contributed by atoms with Crippen molar-refractivity contribution in [3.8, 4) is 5.75 Å². The number of rotatable bonds is 2. The van der Waals surface area contributed by atoms with E-state index in [1.807, 2.05) is 0 Å². The van der Waals surface area contributed by atoms with Gasteiger partial charge in [0.1, 0.15) is 5.75 Å². The molecule has 2 aromatic carbocycles. The summed E-state index contributed by atoms with van der Waals surface area (Å²) >= 11 is 0. The number of nitrogens with zero attached hydrogens (tertiary/aromatic N) is 1. The van der Waals surface area contributed by atoms with Crippen LogP contribution in [0.25, 0.3) is 0 Å². The average Bonchev–Trinajstić information content (AvgIpc) is 2.47. The summed E-state index contributed by atoms with van der Waals surface area (Å²) in [6.45, 7) is 1.60. The first-order valence-electron chi connectivity index (χ1n) is 6.60. The summed E-state index contributed by atoms with van der Waals surface area (Å²) in [4.78, 5) is 3.64. The summed E-state index contributed by atoms with van der Waals surface area (Å²) in [6.07, 6.45) is -8.86. The van der Waals surface area contributed by atoms with Crippen LogP contribution >= 0.6 is 0 Å². The predicted molar refractivity (Wildman–Crippen MR) is 83.0 cm³/mol. The summed E-state index contributed by atoms with van der Waals surface area (Å²) in [5.41, 5.74) is -2.73. The molecule has 0 aliphatic carbocycles. The third-order valence-electron chi connectivity index (χ3n) is 3.19. The largest absolute Gasteiger partial charge is 0.507 e. The van der Waals surface area contributed by atoms with Crippen LogP contribution in [0.4, 0.5) is 32.0 Å². The molecule has 0 saturated carbocycles. The standard InChI is InChI=1S/C16H11F6NO.CH3.Ti/c1-9-3-2-4-10(14(9)24)8-23-13-6-11(15(17,18)19)5-12(7-13)16(20,21)22;;/h2-8,24H,1H3;1H3;/q;-1;. The van der Waals surface area contributed by atoms with Crippen molar-refractivity contribution >= 4 is 11.9 Å². The van der Waals surface area contributed by atoms with Gasteiger partial charge in [-0.2, -0.15) is 26.3 Å². The molecule has 0 aromatic heterocycles. The van der Waals surface area contributed by atoms with Crippen LogP contribution in [0.2, 0.25) is 0 Å². The maximum absolute atomic E-state index is 12.8. The normalized spacial score (nSPS) is 11.8. The molecule has 2 aromatic rings. The van der Waals surface area contributed by atoms with Gasteiger partial charge in [-0.25, -0.2) is 0 Å². The minimum Gasteiger partial charge on any atom is -0.507 e. The van der Waals surface area contributed by atoms with E-state index in [9.17, 15) is 31.4 Å². The Morgan fingerprint density at radius 2 is 1.42 bits per heavy atom. The molecule has 26 heavy (non-hydrogen) atoms. The fraction of sp³-hybridized carbons (Fsp3) is 0.176. The first-order chi connectivity index (χ1) is 11.0. The van der Waals surface area contributed by atoms with Gasteiger partial charge in [0, 0.05) is 33.5 Å². The van der Waals surface area contributed by atoms with Crippen LogP contribution in [0.3, 0.4) is 0 Å². The van der Waals surface area contributed by atoms with Crippen LogP contribution in [0.15, 0.2) is 41.4 Å². The Kier molecular flexibility index (Phi) is 8.13. The molecule has 0 radical (unpaired) electrons. The Balaban J connectivity index is 0.00000312. The predicted octanol–water partition coefficient (Wildman–Crippen LogP) is 5.94. The van der Waals surface area contributed by atoms with Crippen LogP contribution in [0.5, 0.6) is 5.75 Å². The molecule has 0 aliphatic heterocycles. The van der Waals surface area contributed by atoms with Crippen molar-refractivity contribution < 1.29 is 53.2 Å². The van der Waals surface area contributed by atoms with Crippen molar-refractivity contribution in [2.75, 3.05) is 0 Å². The third kappa shape index (κ3) is 5.88. The van der Waals surface area contributed by atoms with E-state index in [1.54, 1.807) is 19.1 Å². The number of hydrogen-bond donors (Lipinski definition) is 1. The van der Waals surface area contributed by atoms with E-state index in [-0.39, 0.29) is 46.5 Å². The fourth-order valence-electron chi connectivity index (χ4n) is 1.94. The second-order valence-electron chi connectivity index (χ2n) is 5.04. The van der Waals surface area contributed by atoms with E-state index >= 15 is 0 Å². The molecule has 0 heterocycles. The summed E-state index contributed by atoms with van der Waals surface area (Å²) in [5.74, 6) is -0.149. The zero-order valence-electron chi connectivity index (χ0n) is 13.7. The quantitative estimate of drug-likeness (QED) is 0.283. The number of para-hydroxylation sites is 1. The van der Waals surface area contributed by atoms with Gasteiger partial charge in [0.15, 0.2) is 0 Å². The molecular weight excluding hydrogens is 396 g/mol. The Morgan fingerprint density at radius 3 is 1.88 bits per heavy atom. The molecule has 0 fully saturated rings. The summed E-state index contributed by atoms with van der Waals surface area (Å²) in [7, 11) is 0. The molecule has 0 aliphatic rings. The van der Waals surface area contributed by atoms with Crippen molar-refractivity contribution in [1.82, 2.24) is 0 Å². The number of phenols is 1.